The molecule has 0 aromatic heterocycles. The minimum absolute atomic E-state index is 0. The SMILES string of the molecule is [Hf].c1ccc(-c2ccccc2)cc1.c1ccc2[cH-]ccc2c1.c1ccc2[cH-]ccc2c1. The van der Waals surface area contributed by atoms with E-state index in [0.717, 1.165) is 0 Å². The Hall–Kier alpha value is -3.03. The van der Waals surface area contributed by atoms with Crippen LogP contribution in [-0.2, 0) is 25.8 Å². The van der Waals surface area contributed by atoms with Crippen LogP contribution in [0.1, 0.15) is 0 Å². The molecule has 0 heterocycles. The second-order valence-electron chi connectivity index (χ2n) is 7.04. The van der Waals surface area contributed by atoms with Crippen molar-refractivity contribution in [3.05, 3.63) is 146 Å². The van der Waals surface area contributed by atoms with Crippen molar-refractivity contribution in [1.82, 2.24) is 0 Å². The Morgan fingerprint density at radius 3 is 1.10 bits per heavy atom. The molecular formula is C30H24Hf-2. The molecule has 0 aliphatic heterocycles. The maximum Gasteiger partial charge on any atom is 0 e. The smallest absolute Gasteiger partial charge is 0 e. The summed E-state index contributed by atoms with van der Waals surface area (Å²) < 4.78 is 0. The second-order valence-corrected chi connectivity index (χ2v) is 7.04. The van der Waals surface area contributed by atoms with Crippen molar-refractivity contribution in [3.63, 3.8) is 0 Å². The third kappa shape index (κ3) is 6.47. The minimum atomic E-state index is 0. The van der Waals surface area contributed by atoms with Crippen molar-refractivity contribution in [2.24, 2.45) is 0 Å². The molecule has 6 rings (SSSR count). The molecule has 6 aromatic carbocycles. The summed E-state index contributed by atoms with van der Waals surface area (Å²) in [6, 6.07) is 50.1. The summed E-state index contributed by atoms with van der Waals surface area (Å²) in [6.07, 6.45) is 0. The molecule has 0 unspecified atom stereocenters. The van der Waals surface area contributed by atoms with Crippen LogP contribution in [0.4, 0.5) is 0 Å². The van der Waals surface area contributed by atoms with E-state index in [4.69, 9.17) is 0 Å². The molecule has 0 spiro atoms. The van der Waals surface area contributed by atoms with Crippen LogP contribution in [0.2, 0.25) is 0 Å². The fraction of sp³-hybridized carbons (Fsp3) is 0. The normalized spacial score (nSPS) is 9.68. The van der Waals surface area contributed by atoms with Crippen molar-refractivity contribution in [1.29, 1.82) is 0 Å². The summed E-state index contributed by atoms with van der Waals surface area (Å²) in [7, 11) is 0. The predicted octanol–water partition coefficient (Wildman–Crippen LogP) is 8.47. The Labute approximate surface area is 203 Å². The molecule has 6 aromatic rings. The fourth-order valence-corrected chi connectivity index (χ4v) is 3.40. The monoisotopic (exact) mass is 564 g/mol. The first-order valence-electron chi connectivity index (χ1n) is 10.2. The molecule has 0 nitrogen and oxygen atoms in total. The molecule has 0 radical (unpaired) electrons. The zero-order valence-electron chi connectivity index (χ0n) is 17.4. The van der Waals surface area contributed by atoms with E-state index in [1.807, 2.05) is 12.1 Å². The van der Waals surface area contributed by atoms with Crippen LogP contribution in [0.5, 0.6) is 0 Å². The standard InChI is InChI=1S/C12H10.2C9H7.Hf/c1-3-7-11(8-4-1)12-9-5-2-6-10-12;2*1-2-5-9-7-3-6-8(9)4-1;/h1-10H;2*1-7H;/q;2*-1;. The van der Waals surface area contributed by atoms with Gasteiger partial charge in [-0.1, -0.05) is 72.8 Å². The molecule has 0 fully saturated rings. The first-order chi connectivity index (χ1) is 14.9. The van der Waals surface area contributed by atoms with Crippen LogP contribution >= 0.6 is 0 Å². The van der Waals surface area contributed by atoms with Crippen molar-refractivity contribution in [2.75, 3.05) is 0 Å². The second kappa shape index (κ2) is 12.0. The van der Waals surface area contributed by atoms with Crippen LogP contribution in [0.25, 0.3) is 32.7 Å². The topological polar surface area (TPSA) is 0 Å². The molecule has 0 aliphatic rings. The van der Waals surface area contributed by atoms with E-state index in [9.17, 15) is 0 Å². The van der Waals surface area contributed by atoms with Gasteiger partial charge in [-0.05, 0) is 11.1 Å². The van der Waals surface area contributed by atoms with E-state index in [1.54, 1.807) is 0 Å². The quantitative estimate of drug-likeness (QED) is 0.139. The zero-order valence-corrected chi connectivity index (χ0v) is 20.9. The van der Waals surface area contributed by atoms with E-state index in [-0.39, 0.29) is 25.8 Å². The first-order valence-corrected chi connectivity index (χ1v) is 10.2. The molecule has 0 aliphatic carbocycles. The number of benzene rings is 4. The molecular weight excluding hydrogens is 539 g/mol. The molecule has 0 saturated carbocycles. The molecule has 0 bridgehead atoms. The van der Waals surface area contributed by atoms with Gasteiger partial charge in [0.1, 0.15) is 0 Å². The predicted molar refractivity (Wildman–Crippen MR) is 131 cm³/mol. The van der Waals surface area contributed by atoms with Gasteiger partial charge in [-0.3, -0.25) is 0 Å². The third-order valence-electron chi connectivity index (χ3n) is 4.98. The number of fused-ring (bicyclic) bond motifs is 2. The minimum Gasteiger partial charge on any atom is -0.168 e. The van der Waals surface area contributed by atoms with Crippen LogP contribution in [0.3, 0.4) is 0 Å². The largest absolute Gasteiger partial charge is 0.168 e. The summed E-state index contributed by atoms with van der Waals surface area (Å²) in [5.41, 5.74) is 2.55. The van der Waals surface area contributed by atoms with Gasteiger partial charge >= 0.3 is 0 Å². The molecule has 0 saturated heterocycles. The van der Waals surface area contributed by atoms with Gasteiger partial charge in [0.2, 0.25) is 0 Å². The van der Waals surface area contributed by atoms with Crippen LogP contribution in [0, 0.1) is 0 Å². The van der Waals surface area contributed by atoms with E-state index in [0.29, 0.717) is 0 Å². The van der Waals surface area contributed by atoms with Gasteiger partial charge in [0.05, 0.1) is 0 Å². The molecule has 150 valence electrons. The fourth-order valence-electron chi connectivity index (χ4n) is 3.40. The summed E-state index contributed by atoms with van der Waals surface area (Å²) in [4.78, 5) is 0. The number of rotatable bonds is 1. The Kier molecular flexibility index (Phi) is 8.75. The molecule has 0 N–H and O–H groups in total. The maximum absolute atomic E-state index is 2.12. The average molecular weight is 563 g/mol. The zero-order chi connectivity index (χ0) is 20.4. The van der Waals surface area contributed by atoms with Gasteiger partial charge in [0.15, 0.2) is 0 Å². The Morgan fingerprint density at radius 1 is 0.355 bits per heavy atom. The van der Waals surface area contributed by atoms with Gasteiger partial charge in [0, 0.05) is 25.8 Å². The Bertz CT molecular complexity index is 1110. The Balaban J connectivity index is 0.000000131. The summed E-state index contributed by atoms with van der Waals surface area (Å²) in [5.74, 6) is 0. The molecule has 31 heavy (non-hydrogen) atoms. The van der Waals surface area contributed by atoms with E-state index < -0.39 is 0 Å². The van der Waals surface area contributed by atoms with Gasteiger partial charge in [-0.15, -0.1) is 59.3 Å². The van der Waals surface area contributed by atoms with E-state index in [1.165, 1.54) is 32.7 Å². The van der Waals surface area contributed by atoms with Crippen LogP contribution < -0.4 is 0 Å². The van der Waals surface area contributed by atoms with Crippen LogP contribution in [-0.4, -0.2) is 0 Å². The summed E-state index contributed by atoms with van der Waals surface area (Å²) in [5, 5.41) is 5.32. The van der Waals surface area contributed by atoms with Crippen molar-refractivity contribution in [3.8, 4) is 11.1 Å². The van der Waals surface area contributed by atoms with E-state index in [2.05, 4.69) is 133 Å². The average Bonchev–Trinajstić information content (AvgIpc) is 3.51. The van der Waals surface area contributed by atoms with Crippen LogP contribution in [0.15, 0.2) is 146 Å². The summed E-state index contributed by atoms with van der Waals surface area (Å²) >= 11 is 0. The first kappa shape index (κ1) is 22.7. The van der Waals surface area contributed by atoms with Gasteiger partial charge in [-0.25, -0.2) is 0 Å². The van der Waals surface area contributed by atoms with Gasteiger partial charge in [0.25, 0.3) is 0 Å². The van der Waals surface area contributed by atoms with E-state index >= 15 is 0 Å². The van der Waals surface area contributed by atoms with Crippen molar-refractivity contribution in [2.45, 2.75) is 0 Å². The number of hydrogen-bond acceptors (Lipinski definition) is 0. The van der Waals surface area contributed by atoms with Gasteiger partial charge < -0.3 is 0 Å². The van der Waals surface area contributed by atoms with Crippen molar-refractivity contribution >= 4 is 21.5 Å². The van der Waals surface area contributed by atoms with Gasteiger partial charge in [-0.2, -0.15) is 35.0 Å². The van der Waals surface area contributed by atoms with Crippen molar-refractivity contribution < 1.29 is 25.8 Å². The molecule has 0 atom stereocenters. The third-order valence-corrected chi connectivity index (χ3v) is 4.98. The number of hydrogen-bond donors (Lipinski definition) is 0. The molecule has 0 amide bonds. The Morgan fingerprint density at radius 2 is 0.710 bits per heavy atom. The maximum atomic E-state index is 2.12. The molecule has 1 heteroatoms. The summed E-state index contributed by atoms with van der Waals surface area (Å²) in [6.45, 7) is 0.